The monoisotopic (exact) mass is 527 g/mol. The fourth-order valence-electron chi connectivity index (χ4n) is 5.14. The quantitative estimate of drug-likeness (QED) is 0.157. The maximum Gasteiger partial charge on any atom is 0.763 e. The Morgan fingerprint density at radius 2 is 1.21 bits per heavy atom. The maximum atomic E-state index is 7.56. The molecule has 38 heavy (non-hydrogen) atoms. The first-order chi connectivity index (χ1) is 18.5. The van der Waals surface area contributed by atoms with E-state index in [1.807, 2.05) is 25.1 Å². The van der Waals surface area contributed by atoms with E-state index in [-0.39, 0.29) is 0 Å². The van der Waals surface area contributed by atoms with Gasteiger partial charge in [0, 0.05) is 11.1 Å². The molecule has 1 radical (unpaired) electrons. The van der Waals surface area contributed by atoms with Gasteiger partial charge >= 0.3 is 15.9 Å². The van der Waals surface area contributed by atoms with Gasteiger partial charge in [0.25, 0.3) is 8.32 Å². The predicted molar refractivity (Wildman–Crippen MR) is 158 cm³/mol. The van der Waals surface area contributed by atoms with Gasteiger partial charge in [0.05, 0.1) is 12.1 Å². The summed E-state index contributed by atoms with van der Waals surface area (Å²) in [6.45, 7) is 16.0. The standard InChI is InChI=1S/C21H21OSi.C11H8N2O.Al/c1-16-10-4-7-13-19(16)23(22,20-14-8-5-11-17(20)2)21-15-9-6-12-18(21)3;1-7-3-4-8-9(12-2)5-6-10(14)11(8)13-7;/h4-15H,1-3H3;3-6,14H,1H3;/q-1;;+2/p-1. The Labute approximate surface area is 232 Å². The van der Waals surface area contributed by atoms with Gasteiger partial charge in [-0.05, 0) is 72.1 Å². The van der Waals surface area contributed by atoms with Crippen molar-refractivity contribution in [3.05, 3.63) is 131 Å². The zero-order valence-electron chi connectivity index (χ0n) is 22.0. The van der Waals surface area contributed by atoms with E-state index in [1.165, 1.54) is 32.3 Å². The molecule has 1 heterocycles. The first-order valence-electron chi connectivity index (χ1n) is 12.6. The second-order valence-corrected chi connectivity index (χ2v) is 13.9. The lowest BCUT2D eigenvalue weighted by atomic mass is 10.1. The maximum absolute atomic E-state index is 7.56. The molecule has 1 aromatic heterocycles. The van der Waals surface area contributed by atoms with Gasteiger partial charge in [-0.3, -0.25) is 4.98 Å². The second kappa shape index (κ2) is 11.0. The number of aromatic nitrogens is 1. The molecule has 5 aromatic rings. The van der Waals surface area contributed by atoms with E-state index in [1.54, 1.807) is 6.07 Å². The normalized spacial score (nSPS) is 11.2. The Balaban J connectivity index is 1.66. The first-order valence-corrected chi connectivity index (χ1v) is 15.4. The van der Waals surface area contributed by atoms with Crippen LogP contribution in [0.3, 0.4) is 0 Å². The zero-order valence-corrected chi connectivity index (χ0v) is 24.2. The van der Waals surface area contributed by atoms with Gasteiger partial charge in [0.1, 0.15) is 5.75 Å². The molecular weight excluding hydrogens is 499 g/mol. The summed E-state index contributed by atoms with van der Waals surface area (Å²) in [5, 5.41) is 4.47. The minimum Gasteiger partial charge on any atom is -0.625 e. The summed E-state index contributed by atoms with van der Waals surface area (Å²) in [5.41, 5.74) is 5.75. The number of hydrogen-bond acceptors (Lipinski definition) is 3. The van der Waals surface area contributed by atoms with E-state index in [0.29, 0.717) is 17.0 Å². The van der Waals surface area contributed by atoms with Crippen molar-refractivity contribution >= 4 is 56.4 Å². The minimum atomic E-state index is -2.96. The molecule has 0 aliphatic heterocycles. The predicted octanol–water partition coefficient (Wildman–Crippen LogP) is 5.62. The van der Waals surface area contributed by atoms with Crippen LogP contribution in [0.15, 0.2) is 97.1 Å². The smallest absolute Gasteiger partial charge is 0.625 e. The number of benzene rings is 4. The third-order valence-corrected chi connectivity index (χ3v) is 13.1. The number of nitrogens with zero attached hydrogens (tertiary/aromatic N) is 2. The summed E-state index contributed by atoms with van der Waals surface area (Å²) in [6, 6.07) is 33.2. The SMILES string of the molecule is [C-]#[N+]c1ccc([O][Al][O][Si](c2ccccc2C)(c2ccccc2C)c2ccccc2C)c2nc(C)ccc12. The number of rotatable bonds is 7. The molecule has 0 spiro atoms. The molecule has 0 aliphatic rings. The molecule has 0 atom stereocenters. The van der Waals surface area contributed by atoms with Gasteiger partial charge in [0.15, 0.2) is 5.69 Å². The molecule has 185 valence electrons. The number of aryl methyl sites for hydroxylation is 4. The second-order valence-electron chi connectivity index (χ2n) is 9.50. The van der Waals surface area contributed by atoms with E-state index in [2.05, 4.69) is 98.4 Å². The Hall–Kier alpha value is -3.71. The molecule has 0 unspecified atom stereocenters. The van der Waals surface area contributed by atoms with Gasteiger partial charge in [-0.2, -0.15) is 0 Å². The average molecular weight is 528 g/mol. The molecule has 0 saturated heterocycles. The summed E-state index contributed by atoms with van der Waals surface area (Å²) >= 11 is -0.908. The van der Waals surface area contributed by atoms with Crippen molar-refractivity contribution in [2.75, 3.05) is 0 Å². The fourth-order valence-corrected chi connectivity index (χ4v) is 11.5. The molecule has 4 nitrogen and oxygen atoms in total. The molecule has 0 N–H and O–H groups in total. The Morgan fingerprint density at radius 1 is 0.684 bits per heavy atom. The van der Waals surface area contributed by atoms with Gasteiger partial charge in [-0.25, -0.2) is 4.85 Å². The highest BCUT2D eigenvalue weighted by Crippen LogP contribution is 2.32. The van der Waals surface area contributed by atoms with Crippen LogP contribution in [0, 0.1) is 34.3 Å². The lowest BCUT2D eigenvalue weighted by molar-refractivity contribution is 0.469. The highest BCUT2D eigenvalue weighted by Gasteiger charge is 2.44. The van der Waals surface area contributed by atoms with Crippen LogP contribution in [-0.2, 0) is 3.48 Å². The summed E-state index contributed by atoms with van der Waals surface area (Å²) < 4.78 is 13.6. The zero-order chi connectivity index (χ0) is 26.7. The molecular formula is C32H28AlN2O2Si. The summed E-state index contributed by atoms with van der Waals surface area (Å²) in [5.74, 6) is 0.647. The Bertz CT molecular complexity index is 1570. The van der Waals surface area contributed by atoms with Crippen LogP contribution in [-0.4, -0.2) is 29.2 Å². The summed E-state index contributed by atoms with van der Waals surface area (Å²) in [7, 11) is -2.96. The van der Waals surface area contributed by atoms with Crippen LogP contribution < -0.4 is 19.3 Å². The summed E-state index contributed by atoms with van der Waals surface area (Å²) in [4.78, 5) is 8.39. The minimum absolute atomic E-state index is 0.569. The summed E-state index contributed by atoms with van der Waals surface area (Å²) in [6.07, 6.45) is 0. The van der Waals surface area contributed by atoms with Crippen molar-refractivity contribution in [2.45, 2.75) is 27.7 Å². The fraction of sp³-hybridized carbons (Fsp3) is 0.125. The molecule has 0 saturated carbocycles. The average Bonchev–Trinajstić information content (AvgIpc) is 2.93. The van der Waals surface area contributed by atoms with Crippen LogP contribution in [0.1, 0.15) is 22.4 Å². The van der Waals surface area contributed by atoms with Crippen LogP contribution >= 0.6 is 0 Å². The number of pyridine rings is 1. The lowest BCUT2D eigenvalue weighted by Gasteiger charge is -2.37. The van der Waals surface area contributed by atoms with Crippen molar-refractivity contribution in [1.82, 2.24) is 4.98 Å². The molecule has 0 aliphatic carbocycles. The third-order valence-electron chi connectivity index (χ3n) is 7.03. The van der Waals surface area contributed by atoms with Crippen LogP contribution in [0.25, 0.3) is 15.7 Å². The van der Waals surface area contributed by atoms with E-state index >= 15 is 0 Å². The molecule has 6 heteroatoms. The number of hydrogen-bond donors (Lipinski definition) is 0. The highest BCUT2D eigenvalue weighted by atomic mass is 28.4. The molecule has 5 rings (SSSR count). The molecule has 4 aromatic carbocycles. The van der Waals surface area contributed by atoms with Crippen LogP contribution in [0.4, 0.5) is 5.69 Å². The van der Waals surface area contributed by atoms with Gasteiger partial charge in [-0.15, -0.1) is 0 Å². The van der Waals surface area contributed by atoms with Gasteiger partial charge in [0.2, 0.25) is 0 Å². The Kier molecular flexibility index (Phi) is 7.47. The van der Waals surface area contributed by atoms with Gasteiger partial charge in [-0.1, -0.05) is 84.9 Å². The molecule has 0 fully saturated rings. The van der Waals surface area contributed by atoms with Crippen molar-refractivity contribution < 1.29 is 7.27 Å². The van der Waals surface area contributed by atoms with Crippen molar-refractivity contribution in [1.29, 1.82) is 0 Å². The van der Waals surface area contributed by atoms with Crippen molar-refractivity contribution in [3.63, 3.8) is 0 Å². The van der Waals surface area contributed by atoms with Crippen LogP contribution in [0.2, 0.25) is 0 Å². The Morgan fingerprint density at radius 3 is 1.71 bits per heavy atom. The van der Waals surface area contributed by atoms with E-state index in [0.717, 1.165) is 11.1 Å². The van der Waals surface area contributed by atoms with Crippen molar-refractivity contribution in [2.24, 2.45) is 0 Å². The van der Waals surface area contributed by atoms with E-state index < -0.39 is 24.2 Å². The first kappa shape index (κ1) is 25.9. The lowest BCUT2D eigenvalue weighted by Crippen LogP contribution is -2.71. The highest BCUT2D eigenvalue weighted by molar-refractivity contribution is 7.09. The van der Waals surface area contributed by atoms with E-state index in [4.69, 9.17) is 18.8 Å². The van der Waals surface area contributed by atoms with Crippen LogP contribution in [0.5, 0.6) is 5.75 Å². The number of fused-ring (bicyclic) bond motifs is 1. The van der Waals surface area contributed by atoms with E-state index in [9.17, 15) is 0 Å². The topological polar surface area (TPSA) is 35.7 Å². The third kappa shape index (κ3) is 4.67. The van der Waals surface area contributed by atoms with Crippen molar-refractivity contribution in [3.8, 4) is 5.75 Å². The largest absolute Gasteiger partial charge is 0.763 e. The molecule has 0 amide bonds. The molecule has 0 bridgehead atoms. The van der Waals surface area contributed by atoms with Gasteiger partial charge < -0.3 is 7.27 Å².